The standard InChI is InChI=1S/C24H17IN2O3S/c1-30-20-13-16(12-17(25)15-20)14-21-22(28)26(18-8-4-2-5-9-18)24(31)27(23(21)29)19-10-6-3-7-11-19/h2-15H,1H3. The molecule has 0 unspecified atom stereocenters. The third-order valence-electron chi connectivity index (χ3n) is 4.72. The molecule has 0 atom stereocenters. The summed E-state index contributed by atoms with van der Waals surface area (Å²) in [5, 5.41) is 0.116. The number of thiocarbonyl (C=S) groups is 1. The van der Waals surface area contributed by atoms with E-state index < -0.39 is 11.8 Å². The van der Waals surface area contributed by atoms with Crippen LogP contribution in [-0.4, -0.2) is 24.0 Å². The Labute approximate surface area is 199 Å². The van der Waals surface area contributed by atoms with E-state index in [9.17, 15) is 9.59 Å². The first-order chi connectivity index (χ1) is 15.0. The smallest absolute Gasteiger partial charge is 0.270 e. The van der Waals surface area contributed by atoms with Crippen molar-refractivity contribution < 1.29 is 14.3 Å². The molecule has 1 heterocycles. The highest BCUT2D eigenvalue weighted by Crippen LogP contribution is 2.30. The van der Waals surface area contributed by atoms with Crippen LogP contribution in [0.4, 0.5) is 11.4 Å². The van der Waals surface area contributed by atoms with Crippen molar-refractivity contribution >= 4 is 69.2 Å². The molecule has 0 radical (unpaired) electrons. The van der Waals surface area contributed by atoms with Crippen LogP contribution >= 0.6 is 34.8 Å². The summed E-state index contributed by atoms with van der Waals surface area (Å²) in [7, 11) is 1.58. The molecule has 4 rings (SSSR count). The van der Waals surface area contributed by atoms with Crippen LogP contribution in [0.2, 0.25) is 0 Å². The summed E-state index contributed by atoms with van der Waals surface area (Å²) in [5.41, 5.74) is 1.90. The summed E-state index contributed by atoms with van der Waals surface area (Å²) < 4.78 is 6.26. The number of amides is 2. The Balaban J connectivity index is 1.87. The quantitative estimate of drug-likeness (QED) is 0.201. The molecule has 0 aromatic heterocycles. The van der Waals surface area contributed by atoms with E-state index >= 15 is 0 Å². The van der Waals surface area contributed by atoms with E-state index in [0.29, 0.717) is 22.7 Å². The van der Waals surface area contributed by atoms with Gasteiger partial charge in [-0.25, -0.2) is 0 Å². The molecule has 0 N–H and O–H groups in total. The minimum absolute atomic E-state index is 0.0189. The highest BCUT2D eigenvalue weighted by molar-refractivity contribution is 14.1. The summed E-state index contributed by atoms with van der Waals surface area (Å²) in [4.78, 5) is 29.7. The summed E-state index contributed by atoms with van der Waals surface area (Å²) in [6.07, 6.45) is 1.59. The predicted molar refractivity (Wildman–Crippen MR) is 134 cm³/mol. The molecule has 5 nitrogen and oxygen atoms in total. The molecule has 2 amide bonds. The van der Waals surface area contributed by atoms with Crippen LogP contribution in [0.3, 0.4) is 0 Å². The molecule has 0 aliphatic carbocycles. The number of anilines is 2. The van der Waals surface area contributed by atoms with Crippen molar-refractivity contribution in [2.45, 2.75) is 0 Å². The van der Waals surface area contributed by atoms with Crippen LogP contribution in [0.1, 0.15) is 5.56 Å². The first-order valence-electron chi connectivity index (χ1n) is 9.39. The Hall–Kier alpha value is -3.04. The van der Waals surface area contributed by atoms with Gasteiger partial charge in [0.1, 0.15) is 11.3 Å². The van der Waals surface area contributed by atoms with Gasteiger partial charge in [-0.15, -0.1) is 0 Å². The molecule has 1 aliphatic rings. The summed E-state index contributed by atoms with van der Waals surface area (Å²) in [6.45, 7) is 0. The minimum atomic E-state index is -0.466. The lowest BCUT2D eigenvalue weighted by molar-refractivity contribution is -0.120. The van der Waals surface area contributed by atoms with Gasteiger partial charge in [0.05, 0.1) is 18.5 Å². The maximum atomic E-state index is 13.5. The Morgan fingerprint density at radius 3 is 1.84 bits per heavy atom. The van der Waals surface area contributed by atoms with Crippen LogP contribution in [-0.2, 0) is 9.59 Å². The Morgan fingerprint density at radius 2 is 1.35 bits per heavy atom. The van der Waals surface area contributed by atoms with Gasteiger partial charge in [-0.05, 0) is 88.9 Å². The number of ether oxygens (including phenoxy) is 1. The number of carbonyl (C=O) groups is 2. The largest absolute Gasteiger partial charge is 0.497 e. The Morgan fingerprint density at radius 1 is 0.839 bits per heavy atom. The van der Waals surface area contributed by atoms with Crippen molar-refractivity contribution in [1.29, 1.82) is 0 Å². The number of para-hydroxylation sites is 2. The van der Waals surface area contributed by atoms with Crippen molar-refractivity contribution in [2.24, 2.45) is 0 Å². The van der Waals surface area contributed by atoms with Crippen LogP contribution in [0.15, 0.2) is 84.4 Å². The molecule has 154 valence electrons. The van der Waals surface area contributed by atoms with Crippen molar-refractivity contribution in [3.8, 4) is 5.75 Å². The van der Waals surface area contributed by atoms with Gasteiger partial charge in [0.25, 0.3) is 11.8 Å². The molecule has 0 spiro atoms. The average Bonchev–Trinajstić information content (AvgIpc) is 2.78. The van der Waals surface area contributed by atoms with Gasteiger partial charge in [-0.2, -0.15) is 0 Å². The van der Waals surface area contributed by atoms with Crippen molar-refractivity contribution in [2.75, 3.05) is 16.9 Å². The van der Waals surface area contributed by atoms with E-state index in [2.05, 4.69) is 22.6 Å². The number of nitrogens with zero attached hydrogens (tertiary/aromatic N) is 2. The zero-order chi connectivity index (χ0) is 22.0. The van der Waals surface area contributed by atoms with Crippen LogP contribution in [0.5, 0.6) is 5.75 Å². The number of methoxy groups -OCH3 is 1. The molecule has 3 aromatic rings. The molecule has 0 bridgehead atoms. The molecule has 31 heavy (non-hydrogen) atoms. The molecule has 7 heteroatoms. The van der Waals surface area contributed by atoms with Gasteiger partial charge in [0, 0.05) is 3.57 Å². The lowest BCUT2D eigenvalue weighted by atomic mass is 10.0. The molecule has 1 saturated heterocycles. The number of hydrogen-bond donors (Lipinski definition) is 0. The van der Waals surface area contributed by atoms with E-state index in [-0.39, 0.29) is 10.7 Å². The third-order valence-corrected chi connectivity index (χ3v) is 5.71. The second kappa shape index (κ2) is 8.99. The van der Waals surface area contributed by atoms with Gasteiger partial charge in [-0.1, -0.05) is 36.4 Å². The maximum Gasteiger partial charge on any atom is 0.270 e. The van der Waals surface area contributed by atoms with Crippen molar-refractivity contribution in [3.05, 3.63) is 93.6 Å². The van der Waals surface area contributed by atoms with Gasteiger partial charge >= 0.3 is 0 Å². The average molecular weight is 540 g/mol. The SMILES string of the molecule is COc1cc(I)cc(C=C2C(=O)N(c3ccccc3)C(=S)N(c3ccccc3)C2=O)c1. The zero-order valence-electron chi connectivity index (χ0n) is 16.5. The molecule has 1 aliphatic heterocycles. The number of halogens is 1. The fourth-order valence-electron chi connectivity index (χ4n) is 3.29. The van der Waals surface area contributed by atoms with Crippen molar-refractivity contribution in [3.63, 3.8) is 0 Å². The van der Waals surface area contributed by atoms with Crippen LogP contribution in [0.25, 0.3) is 6.08 Å². The predicted octanol–water partition coefficient (Wildman–Crippen LogP) is 5.05. The second-order valence-corrected chi connectivity index (χ2v) is 8.33. The lowest BCUT2D eigenvalue weighted by Gasteiger charge is -2.36. The Bertz CT molecular complexity index is 1130. The third kappa shape index (κ3) is 4.24. The second-order valence-electron chi connectivity index (χ2n) is 6.72. The maximum absolute atomic E-state index is 13.5. The van der Waals surface area contributed by atoms with E-state index in [4.69, 9.17) is 17.0 Å². The van der Waals surface area contributed by atoms with Crippen molar-refractivity contribution in [1.82, 2.24) is 0 Å². The van der Waals surface area contributed by atoms with E-state index in [1.54, 1.807) is 43.5 Å². The zero-order valence-corrected chi connectivity index (χ0v) is 19.5. The van der Waals surface area contributed by atoms with Crippen LogP contribution in [0, 0.1) is 3.57 Å². The Kier molecular flexibility index (Phi) is 6.15. The first kappa shape index (κ1) is 21.2. The molecule has 0 saturated carbocycles. The summed E-state index contributed by atoms with van der Waals surface area (Å²) in [6, 6.07) is 23.7. The van der Waals surface area contributed by atoms with Gasteiger partial charge in [0.2, 0.25) is 0 Å². The number of rotatable bonds is 4. The minimum Gasteiger partial charge on any atom is -0.497 e. The van der Waals surface area contributed by atoms with E-state index in [1.165, 1.54) is 9.80 Å². The lowest BCUT2D eigenvalue weighted by Crippen LogP contribution is -2.56. The number of carbonyl (C=O) groups excluding carboxylic acids is 2. The van der Waals surface area contributed by atoms with Gasteiger partial charge in [0.15, 0.2) is 5.11 Å². The van der Waals surface area contributed by atoms with Gasteiger partial charge in [-0.3, -0.25) is 19.4 Å². The van der Waals surface area contributed by atoms with E-state index in [1.807, 2.05) is 48.5 Å². The number of hydrogen-bond acceptors (Lipinski definition) is 4. The molecular formula is C24H17IN2O3S. The number of benzene rings is 3. The summed E-state index contributed by atoms with van der Waals surface area (Å²) in [5.74, 6) is -0.290. The monoisotopic (exact) mass is 540 g/mol. The molecule has 1 fully saturated rings. The fraction of sp³-hybridized carbons (Fsp3) is 0.0417. The first-order valence-corrected chi connectivity index (χ1v) is 10.9. The molecular weight excluding hydrogens is 523 g/mol. The van der Waals surface area contributed by atoms with Crippen LogP contribution < -0.4 is 14.5 Å². The summed E-state index contributed by atoms with van der Waals surface area (Å²) >= 11 is 7.77. The molecule has 3 aromatic carbocycles. The topological polar surface area (TPSA) is 49.9 Å². The highest BCUT2D eigenvalue weighted by atomic mass is 127. The highest BCUT2D eigenvalue weighted by Gasteiger charge is 2.41. The normalized spacial score (nSPS) is 14.1. The van der Waals surface area contributed by atoms with E-state index in [0.717, 1.165) is 3.57 Å². The van der Waals surface area contributed by atoms with Gasteiger partial charge < -0.3 is 4.74 Å². The fourth-order valence-corrected chi connectivity index (χ4v) is 4.33.